The molecule has 0 aliphatic rings. The number of nitrogens with one attached hydrogen (secondary N) is 1. The molecule has 0 fully saturated rings. The minimum Gasteiger partial charge on any atom is -0.370 e. The van der Waals surface area contributed by atoms with Crippen LogP contribution in [0.25, 0.3) is 11.4 Å². The van der Waals surface area contributed by atoms with Crippen LogP contribution in [0.15, 0.2) is 47.0 Å². The molecule has 0 saturated heterocycles. The zero-order chi connectivity index (χ0) is 17.9. The van der Waals surface area contributed by atoms with E-state index in [1.165, 1.54) is 12.1 Å². The molecular weight excluding hydrogens is 357 g/mol. The van der Waals surface area contributed by atoms with Crippen LogP contribution in [-0.2, 0) is 12.6 Å². The molecule has 0 saturated carbocycles. The average molecular weight is 369 g/mol. The molecule has 0 bridgehead atoms. The Labute approximate surface area is 145 Å². The van der Waals surface area contributed by atoms with Crippen molar-refractivity contribution in [1.29, 1.82) is 0 Å². The summed E-state index contributed by atoms with van der Waals surface area (Å²) in [5.74, 6) is 0.917. The first-order chi connectivity index (χ1) is 11.9. The zero-order valence-corrected chi connectivity index (χ0v) is 13.5. The number of halogens is 4. The number of nitrogens with zero attached hydrogens (tertiary/aromatic N) is 3. The standard InChI is InChI=1S/C16H12ClF3N4O/c17-11-6-4-10(5-7-11)15-23-14(25-24-15)8-9-21-13-3-1-2-12(22-13)16(18,19)20/h1-7H,8-9H2,(H,21,22). The summed E-state index contributed by atoms with van der Waals surface area (Å²) < 4.78 is 43.0. The van der Waals surface area contributed by atoms with Crippen LogP contribution in [0.4, 0.5) is 19.0 Å². The van der Waals surface area contributed by atoms with Gasteiger partial charge in [-0.05, 0) is 36.4 Å². The monoisotopic (exact) mass is 368 g/mol. The highest BCUT2D eigenvalue weighted by Crippen LogP contribution is 2.28. The predicted molar refractivity (Wildman–Crippen MR) is 86.2 cm³/mol. The van der Waals surface area contributed by atoms with Gasteiger partial charge in [0.15, 0.2) is 0 Å². The molecule has 0 radical (unpaired) electrons. The molecule has 2 heterocycles. The maximum absolute atomic E-state index is 12.6. The first-order valence-electron chi connectivity index (χ1n) is 7.28. The first-order valence-corrected chi connectivity index (χ1v) is 7.66. The van der Waals surface area contributed by atoms with E-state index >= 15 is 0 Å². The van der Waals surface area contributed by atoms with Gasteiger partial charge < -0.3 is 9.84 Å². The van der Waals surface area contributed by atoms with Crippen molar-refractivity contribution < 1.29 is 17.7 Å². The molecule has 3 aromatic rings. The third kappa shape index (κ3) is 4.48. The molecule has 25 heavy (non-hydrogen) atoms. The quantitative estimate of drug-likeness (QED) is 0.720. The Hall–Kier alpha value is -2.61. The first kappa shape index (κ1) is 17.2. The molecule has 0 unspecified atom stereocenters. The Balaban J connectivity index is 1.59. The largest absolute Gasteiger partial charge is 0.433 e. The van der Waals surface area contributed by atoms with Crippen LogP contribution >= 0.6 is 11.6 Å². The van der Waals surface area contributed by atoms with Gasteiger partial charge in [0.1, 0.15) is 11.5 Å². The van der Waals surface area contributed by atoms with E-state index in [9.17, 15) is 13.2 Å². The maximum atomic E-state index is 12.6. The summed E-state index contributed by atoms with van der Waals surface area (Å²) in [6.45, 7) is 0.302. The number of alkyl halides is 3. The van der Waals surface area contributed by atoms with Crippen LogP contribution in [0.2, 0.25) is 5.02 Å². The predicted octanol–water partition coefficient (Wildman–Crippen LogP) is 4.46. The fourth-order valence-corrected chi connectivity index (χ4v) is 2.19. The van der Waals surface area contributed by atoms with Crippen LogP contribution in [0.3, 0.4) is 0 Å². The van der Waals surface area contributed by atoms with Crippen molar-refractivity contribution in [1.82, 2.24) is 15.1 Å². The topological polar surface area (TPSA) is 63.8 Å². The molecule has 2 aromatic heterocycles. The smallest absolute Gasteiger partial charge is 0.370 e. The van der Waals surface area contributed by atoms with Gasteiger partial charge in [-0.1, -0.05) is 22.8 Å². The van der Waals surface area contributed by atoms with E-state index in [2.05, 4.69) is 20.4 Å². The summed E-state index contributed by atoms with van der Waals surface area (Å²) in [7, 11) is 0. The van der Waals surface area contributed by atoms with Crippen molar-refractivity contribution in [3.05, 3.63) is 59.1 Å². The molecule has 130 valence electrons. The molecule has 0 atom stereocenters. The summed E-state index contributed by atoms with van der Waals surface area (Å²) >= 11 is 5.82. The van der Waals surface area contributed by atoms with Crippen molar-refractivity contribution in [3.63, 3.8) is 0 Å². The molecular formula is C16H12ClF3N4O. The van der Waals surface area contributed by atoms with Gasteiger partial charge in [-0.3, -0.25) is 0 Å². The van der Waals surface area contributed by atoms with Gasteiger partial charge in [0.2, 0.25) is 11.7 Å². The zero-order valence-electron chi connectivity index (χ0n) is 12.7. The van der Waals surface area contributed by atoms with Gasteiger partial charge in [0.25, 0.3) is 0 Å². The highest BCUT2D eigenvalue weighted by Gasteiger charge is 2.32. The molecule has 1 N–H and O–H groups in total. The number of anilines is 1. The maximum Gasteiger partial charge on any atom is 0.433 e. The van der Waals surface area contributed by atoms with E-state index < -0.39 is 11.9 Å². The third-order valence-corrected chi connectivity index (χ3v) is 3.51. The van der Waals surface area contributed by atoms with Gasteiger partial charge in [0, 0.05) is 23.6 Å². The number of benzene rings is 1. The van der Waals surface area contributed by atoms with Gasteiger partial charge in [-0.15, -0.1) is 0 Å². The molecule has 0 aliphatic carbocycles. The average Bonchev–Trinajstić information content (AvgIpc) is 3.04. The van der Waals surface area contributed by atoms with Crippen LogP contribution in [0, 0.1) is 0 Å². The number of aromatic nitrogens is 3. The second-order valence-corrected chi connectivity index (χ2v) is 5.54. The summed E-state index contributed by atoms with van der Waals surface area (Å²) in [6, 6.07) is 10.6. The molecule has 0 aliphatic heterocycles. The normalized spacial score (nSPS) is 11.5. The van der Waals surface area contributed by atoms with Crippen molar-refractivity contribution in [2.24, 2.45) is 0 Å². The van der Waals surface area contributed by atoms with Crippen molar-refractivity contribution >= 4 is 17.4 Å². The molecule has 5 nitrogen and oxygen atoms in total. The van der Waals surface area contributed by atoms with Crippen LogP contribution < -0.4 is 5.32 Å². The van der Waals surface area contributed by atoms with Gasteiger partial charge in [0.05, 0.1) is 0 Å². The number of hydrogen-bond donors (Lipinski definition) is 1. The molecule has 1 aromatic carbocycles. The SMILES string of the molecule is FC(F)(F)c1cccc(NCCc2nc(-c3ccc(Cl)cc3)no2)n1. The van der Waals surface area contributed by atoms with E-state index in [1.54, 1.807) is 24.3 Å². The Morgan fingerprint density at radius 2 is 1.80 bits per heavy atom. The lowest BCUT2D eigenvalue weighted by atomic mass is 10.2. The molecule has 0 amide bonds. The highest BCUT2D eigenvalue weighted by atomic mass is 35.5. The third-order valence-electron chi connectivity index (χ3n) is 3.26. The fourth-order valence-electron chi connectivity index (χ4n) is 2.06. The Kier molecular flexibility index (Phi) is 4.89. The lowest BCUT2D eigenvalue weighted by molar-refractivity contribution is -0.141. The number of hydrogen-bond acceptors (Lipinski definition) is 5. The van der Waals surface area contributed by atoms with Crippen LogP contribution in [0.5, 0.6) is 0 Å². The summed E-state index contributed by atoms with van der Waals surface area (Å²) in [5, 5.41) is 7.27. The van der Waals surface area contributed by atoms with Gasteiger partial charge >= 0.3 is 6.18 Å². The fraction of sp³-hybridized carbons (Fsp3) is 0.188. The van der Waals surface area contributed by atoms with E-state index in [0.717, 1.165) is 11.6 Å². The van der Waals surface area contributed by atoms with E-state index in [0.29, 0.717) is 29.7 Å². The number of pyridine rings is 1. The number of rotatable bonds is 5. The highest BCUT2D eigenvalue weighted by molar-refractivity contribution is 6.30. The van der Waals surface area contributed by atoms with E-state index in [-0.39, 0.29) is 5.82 Å². The van der Waals surface area contributed by atoms with Crippen molar-refractivity contribution in [2.45, 2.75) is 12.6 Å². The lowest BCUT2D eigenvalue weighted by Crippen LogP contribution is -2.11. The van der Waals surface area contributed by atoms with Crippen LogP contribution in [0.1, 0.15) is 11.6 Å². The second kappa shape index (κ2) is 7.10. The van der Waals surface area contributed by atoms with Gasteiger partial charge in [-0.25, -0.2) is 4.98 Å². The van der Waals surface area contributed by atoms with Crippen molar-refractivity contribution in [2.75, 3.05) is 11.9 Å². The molecule has 3 rings (SSSR count). The minimum atomic E-state index is -4.47. The lowest BCUT2D eigenvalue weighted by Gasteiger charge is -2.08. The van der Waals surface area contributed by atoms with E-state index in [1.807, 2.05) is 0 Å². The van der Waals surface area contributed by atoms with Gasteiger partial charge in [-0.2, -0.15) is 18.2 Å². The Morgan fingerprint density at radius 3 is 2.52 bits per heavy atom. The summed E-state index contributed by atoms with van der Waals surface area (Å²) in [5.41, 5.74) is -0.188. The molecule has 0 spiro atoms. The second-order valence-electron chi connectivity index (χ2n) is 5.10. The van der Waals surface area contributed by atoms with Crippen molar-refractivity contribution in [3.8, 4) is 11.4 Å². The molecule has 9 heteroatoms. The summed E-state index contributed by atoms with van der Waals surface area (Å²) in [6.07, 6.45) is -4.13. The Bertz CT molecular complexity index is 849. The minimum absolute atomic E-state index is 0.132. The summed E-state index contributed by atoms with van der Waals surface area (Å²) in [4.78, 5) is 7.76. The van der Waals surface area contributed by atoms with E-state index in [4.69, 9.17) is 16.1 Å². The Morgan fingerprint density at radius 1 is 1.04 bits per heavy atom. The van der Waals surface area contributed by atoms with Crippen LogP contribution in [-0.4, -0.2) is 21.7 Å².